The number of rotatable bonds is 7. The quantitative estimate of drug-likeness (QED) is 0.765. The maximum atomic E-state index is 12.8. The minimum atomic E-state index is -0.0354. The molecule has 1 saturated heterocycles. The van der Waals surface area contributed by atoms with Crippen molar-refractivity contribution < 1.29 is 23.7 Å². The zero-order valence-corrected chi connectivity index (χ0v) is 14.5. The minimum Gasteiger partial charge on any atom is -0.493 e. The molecule has 132 valence electrons. The minimum absolute atomic E-state index is 0.0354. The normalized spacial score (nSPS) is 20.1. The monoisotopic (exact) mass is 335 g/mol. The Morgan fingerprint density at radius 3 is 2.29 bits per heavy atom. The summed E-state index contributed by atoms with van der Waals surface area (Å²) >= 11 is 0. The smallest absolute Gasteiger partial charge is 0.254 e. The van der Waals surface area contributed by atoms with Crippen molar-refractivity contribution in [2.45, 2.75) is 25.4 Å². The van der Waals surface area contributed by atoms with Gasteiger partial charge in [-0.2, -0.15) is 0 Å². The summed E-state index contributed by atoms with van der Waals surface area (Å²) in [6.07, 6.45) is 3.60. The van der Waals surface area contributed by atoms with Crippen LogP contribution in [0.1, 0.15) is 29.6 Å². The van der Waals surface area contributed by atoms with Gasteiger partial charge in [0, 0.05) is 25.3 Å². The standard InChI is InChI=1S/C18H25NO5/c1-21-15-8-13(9-16(22-2)17(15)23-3)18(20)19-7-6-14(10-19)24-11-12-4-5-12/h8-9,12,14H,4-7,10-11H2,1-3H3. The Kier molecular flexibility index (Phi) is 5.14. The average molecular weight is 335 g/mol. The summed E-state index contributed by atoms with van der Waals surface area (Å²) in [5.41, 5.74) is 0.535. The van der Waals surface area contributed by atoms with Gasteiger partial charge in [-0.1, -0.05) is 0 Å². The molecule has 0 N–H and O–H groups in total. The fourth-order valence-corrected chi connectivity index (χ4v) is 2.99. The van der Waals surface area contributed by atoms with Gasteiger partial charge >= 0.3 is 0 Å². The highest BCUT2D eigenvalue weighted by atomic mass is 16.5. The molecule has 1 unspecified atom stereocenters. The Balaban J connectivity index is 1.70. The number of amides is 1. The predicted molar refractivity (Wildman–Crippen MR) is 89.1 cm³/mol. The molecular weight excluding hydrogens is 310 g/mol. The van der Waals surface area contributed by atoms with Crippen LogP contribution in [0.3, 0.4) is 0 Å². The summed E-state index contributed by atoms with van der Waals surface area (Å²) < 4.78 is 21.9. The molecule has 0 bridgehead atoms. The lowest BCUT2D eigenvalue weighted by Crippen LogP contribution is -2.30. The molecule has 2 fully saturated rings. The number of nitrogens with zero attached hydrogens (tertiary/aromatic N) is 1. The first-order valence-electron chi connectivity index (χ1n) is 8.37. The summed E-state index contributed by atoms with van der Waals surface area (Å²) in [6, 6.07) is 3.39. The van der Waals surface area contributed by atoms with Crippen molar-refractivity contribution in [1.82, 2.24) is 4.90 Å². The SMILES string of the molecule is COc1cc(C(=O)N2CCC(OCC3CC3)C2)cc(OC)c1OC. The molecule has 1 aliphatic carbocycles. The van der Waals surface area contributed by atoms with Crippen LogP contribution < -0.4 is 14.2 Å². The highest BCUT2D eigenvalue weighted by Gasteiger charge is 2.30. The Hall–Kier alpha value is -1.95. The Morgan fingerprint density at radius 2 is 1.75 bits per heavy atom. The van der Waals surface area contributed by atoms with Gasteiger partial charge in [0.25, 0.3) is 5.91 Å². The zero-order valence-electron chi connectivity index (χ0n) is 14.5. The fraction of sp³-hybridized carbons (Fsp3) is 0.611. The molecule has 24 heavy (non-hydrogen) atoms. The number of methoxy groups -OCH3 is 3. The van der Waals surface area contributed by atoms with Crippen LogP contribution in [0.5, 0.6) is 17.2 Å². The van der Waals surface area contributed by atoms with E-state index in [0.29, 0.717) is 35.9 Å². The number of benzene rings is 1. The molecule has 0 aromatic heterocycles. The lowest BCUT2D eigenvalue weighted by atomic mass is 10.1. The molecule has 3 rings (SSSR count). The highest BCUT2D eigenvalue weighted by molar-refractivity contribution is 5.95. The molecule has 1 aliphatic heterocycles. The van der Waals surface area contributed by atoms with E-state index < -0.39 is 0 Å². The number of hydrogen-bond donors (Lipinski definition) is 0. The summed E-state index contributed by atoms with van der Waals surface area (Å²) in [4.78, 5) is 14.6. The van der Waals surface area contributed by atoms with Crippen molar-refractivity contribution >= 4 is 5.91 Å². The van der Waals surface area contributed by atoms with Gasteiger partial charge in [0.1, 0.15) is 0 Å². The first-order chi connectivity index (χ1) is 11.7. The van der Waals surface area contributed by atoms with Crippen LogP contribution in [-0.4, -0.2) is 57.9 Å². The van der Waals surface area contributed by atoms with Crippen molar-refractivity contribution in [1.29, 1.82) is 0 Å². The summed E-state index contributed by atoms with van der Waals surface area (Å²) in [5.74, 6) is 2.17. The topological polar surface area (TPSA) is 57.2 Å². The molecule has 1 heterocycles. The average Bonchev–Trinajstić information content (AvgIpc) is 3.33. The van der Waals surface area contributed by atoms with E-state index in [1.54, 1.807) is 33.5 Å². The van der Waals surface area contributed by atoms with Crippen molar-refractivity contribution in [3.05, 3.63) is 17.7 Å². The van der Waals surface area contributed by atoms with E-state index >= 15 is 0 Å². The van der Waals surface area contributed by atoms with E-state index in [-0.39, 0.29) is 12.0 Å². The van der Waals surface area contributed by atoms with E-state index in [4.69, 9.17) is 18.9 Å². The lowest BCUT2D eigenvalue weighted by molar-refractivity contribution is 0.0480. The van der Waals surface area contributed by atoms with E-state index in [2.05, 4.69) is 0 Å². The number of carbonyl (C=O) groups is 1. The number of likely N-dealkylation sites (tertiary alicyclic amines) is 1. The number of hydrogen-bond acceptors (Lipinski definition) is 5. The molecule has 6 heteroatoms. The van der Waals surface area contributed by atoms with Crippen LogP contribution in [0.4, 0.5) is 0 Å². The van der Waals surface area contributed by atoms with Crippen molar-refractivity contribution in [3.8, 4) is 17.2 Å². The third-order valence-electron chi connectivity index (χ3n) is 4.61. The van der Waals surface area contributed by atoms with Gasteiger partial charge in [-0.15, -0.1) is 0 Å². The number of carbonyl (C=O) groups excluding carboxylic acids is 1. The molecule has 0 spiro atoms. The summed E-state index contributed by atoms with van der Waals surface area (Å²) in [5, 5.41) is 0. The second-order valence-corrected chi connectivity index (χ2v) is 6.35. The molecule has 1 saturated carbocycles. The van der Waals surface area contributed by atoms with E-state index in [1.165, 1.54) is 12.8 Å². The molecule has 1 aromatic rings. The summed E-state index contributed by atoms with van der Waals surface area (Å²) in [6.45, 7) is 2.18. The molecule has 0 radical (unpaired) electrons. The molecular formula is C18H25NO5. The van der Waals surface area contributed by atoms with Crippen molar-refractivity contribution in [3.63, 3.8) is 0 Å². The van der Waals surface area contributed by atoms with E-state index in [1.807, 2.05) is 4.90 Å². The van der Waals surface area contributed by atoms with Gasteiger partial charge in [0.05, 0.1) is 27.4 Å². The van der Waals surface area contributed by atoms with Crippen LogP contribution in [0.15, 0.2) is 12.1 Å². The Morgan fingerprint density at radius 1 is 1.08 bits per heavy atom. The molecule has 6 nitrogen and oxygen atoms in total. The number of ether oxygens (including phenoxy) is 4. The zero-order chi connectivity index (χ0) is 17.1. The molecule has 1 atom stereocenters. The van der Waals surface area contributed by atoms with Gasteiger partial charge in [-0.3, -0.25) is 4.79 Å². The van der Waals surface area contributed by atoms with Gasteiger partial charge in [0.15, 0.2) is 11.5 Å². The first kappa shape index (κ1) is 16.9. The molecule has 2 aliphatic rings. The van der Waals surface area contributed by atoms with Crippen LogP contribution in [-0.2, 0) is 4.74 Å². The Labute approximate surface area is 142 Å². The molecule has 1 aromatic carbocycles. The Bertz CT molecular complexity index is 574. The van der Waals surface area contributed by atoms with E-state index in [9.17, 15) is 4.79 Å². The fourth-order valence-electron chi connectivity index (χ4n) is 2.99. The highest BCUT2D eigenvalue weighted by Crippen LogP contribution is 2.38. The maximum Gasteiger partial charge on any atom is 0.254 e. The summed E-state index contributed by atoms with van der Waals surface area (Å²) in [7, 11) is 4.64. The largest absolute Gasteiger partial charge is 0.493 e. The lowest BCUT2D eigenvalue weighted by Gasteiger charge is -2.19. The van der Waals surface area contributed by atoms with Gasteiger partial charge < -0.3 is 23.8 Å². The van der Waals surface area contributed by atoms with Crippen molar-refractivity contribution in [2.24, 2.45) is 5.92 Å². The van der Waals surface area contributed by atoms with E-state index in [0.717, 1.165) is 18.9 Å². The van der Waals surface area contributed by atoms with Crippen LogP contribution in [0.2, 0.25) is 0 Å². The maximum absolute atomic E-state index is 12.8. The van der Waals surface area contributed by atoms with Gasteiger partial charge in [0.2, 0.25) is 5.75 Å². The third-order valence-corrected chi connectivity index (χ3v) is 4.61. The van der Waals surface area contributed by atoms with Crippen LogP contribution in [0, 0.1) is 5.92 Å². The van der Waals surface area contributed by atoms with Gasteiger partial charge in [-0.05, 0) is 37.3 Å². The van der Waals surface area contributed by atoms with Gasteiger partial charge in [-0.25, -0.2) is 0 Å². The first-order valence-corrected chi connectivity index (χ1v) is 8.37. The molecule has 1 amide bonds. The second-order valence-electron chi connectivity index (χ2n) is 6.35. The predicted octanol–water partition coefficient (Wildman–Crippen LogP) is 2.35. The van der Waals surface area contributed by atoms with Crippen molar-refractivity contribution in [2.75, 3.05) is 41.0 Å². The van der Waals surface area contributed by atoms with Crippen LogP contribution >= 0.6 is 0 Å². The van der Waals surface area contributed by atoms with Crippen LogP contribution in [0.25, 0.3) is 0 Å². The second kappa shape index (κ2) is 7.30. The third kappa shape index (κ3) is 3.59.